The minimum absolute atomic E-state index is 0.570. The van der Waals surface area contributed by atoms with Crippen LogP contribution in [0.3, 0.4) is 0 Å². The maximum atomic E-state index is 10.8. The van der Waals surface area contributed by atoms with Gasteiger partial charge in [-0.2, -0.15) is 0 Å². The molecule has 0 bridgehead atoms. The average Bonchev–Trinajstić information content (AvgIpc) is 2.06. The SMILES string of the molecule is CC1(C)C=COC1P(=O)(O)O. The summed E-state index contributed by atoms with van der Waals surface area (Å²) in [6.45, 7) is 3.44. The molecule has 4 nitrogen and oxygen atoms in total. The first kappa shape index (κ1) is 8.78. The molecule has 0 radical (unpaired) electrons. The van der Waals surface area contributed by atoms with Gasteiger partial charge in [0.1, 0.15) is 0 Å². The Hall–Kier alpha value is -0.310. The second-order valence-corrected chi connectivity index (χ2v) is 4.85. The third kappa shape index (κ3) is 1.64. The molecule has 0 aromatic carbocycles. The van der Waals surface area contributed by atoms with E-state index in [0.29, 0.717) is 0 Å². The summed E-state index contributed by atoms with van der Waals surface area (Å²) in [5, 5.41) is 0. The lowest BCUT2D eigenvalue weighted by Gasteiger charge is -2.24. The normalized spacial score (nSPS) is 28.5. The molecule has 0 aromatic rings. The van der Waals surface area contributed by atoms with Gasteiger partial charge in [-0.15, -0.1) is 0 Å². The third-order valence-corrected chi connectivity index (χ3v) is 3.05. The third-order valence-electron chi connectivity index (χ3n) is 1.65. The van der Waals surface area contributed by atoms with E-state index in [2.05, 4.69) is 0 Å². The van der Waals surface area contributed by atoms with Crippen LogP contribution in [-0.4, -0.2) is 15.6 Å². The number of hydrogen-bond donors (Lipinski definition) is 2. The molecule has 0 spiro atoms. The fourth-order valence-corrected chi connectivity index (χ4v) is 2.24. The Kier molecular flexibility index (Phi) is 1.87. The lowest BCUT2D eigenvalue weighted by Crippen LogP contribution is -2.24. The first-order valence-corrected chi connectivity index (χ1v) is 4.90. The molecule has 1 rings (SSSR count). The zero-order chi connectivity index (χ0) is 8.70. The fourth-order valence-electron chi connectivity index (χ4n) is 1.06. The van der Waals surface area contributed by atoms with Crippen LogP contribution in [0.4, 0.5) is 0 Å². The molecule has 1 aliphatic heterocycles. The van der Waals surface area contributed by atoms with Crippen LogP contribution in [0.15, 0.2) is 12.3 Å². The van der Waals surface area contributed by atoms with Crippen molar-refractivity contribution in [1.29, 1.82) is 0 Å². The lowest BCUT2D eigenvalue weighted by atomic mass is 9.96. The van der Waals surface area contributed by atoms with Gasteiger partial charge in [0.15, 0.2) is 0 Å². The van der Waals surface area contributed by atoms with Gasteiger partial charge in [-0.25, -0.2) is 0 Å². The van der Waals surface area contributed by atoms with E-state index in [-0.39, 0.29) is 0 Å². The Morgan fingerprint density at radius 1 is 1.55 bits per heavy atom. The highest BCUT2D eigenvalue weighted by atomic mass is 31.2. The molecule has 0 aromatic heterocycles. The van der Waals surface area contributed by atoms with Crippen LogP contribution in [0.5, 0.6) is 0 Å². The smallest absolute Gasteiger partial charge is 0.366 e. The van der Waals surface area contributed by atoms with Crippen LogP contribution in [0, 0.1) is 5.41 Å². The molecule has 1 atom stereocenters. The van der Waals surface area contributed by atoms with E-state index >= 15 is 0 Å². The van der Waals surface area contributed by atoms with Gasteiger partial charge in [0, 0.05) is 5.41 Å². The van der Waals surface area contributed by atoms with E-state index in [4.69, 9.17) is 14.5 Å². The van der Waals surface area contributed by atoms with Crippen molar-refractivity contribution in [3.8, 4) is 0 Å². The lowest BCUT2D eigenvalue weighted by molar-refractivity contribution is 0.134. The van der Waals surface area contributed by atoms with Crippen molar-refractivity contribution >= 4 is 7.60 Å². The van der Waals surface area contributed by atoms with Crippen LogP contribution in [0.2, 0.25) is 0 Å². The van der Waals surface area contributed by atoms with Gasteiger partial charge in [0.2, 0.25) is 5.85 Å². The fraction of sp³-hybridized carbons (Fsp3) is 0.667. The van der Waals surface area contributed by atoms with E-state index in [1.165, 1.54) is 6.26 Å². The highest BCUT2D eigenvalue weighted by Crippen LogP contribution is 2.53. The van der Waals surface area contributed by atoms with Crippen molar-refractivity contribution in [2.75, 3.05) is 0 Å². The largest absolute Gasteiger partial charge is 0.485 e. The van der Waals surface area contributed by atoms with E-state index in [1.807, 2.05) is 0 Å². The molecular formula is C6H11O4P. The zero-order valence-electron chi connectivity index (χ0n) is 6.39. The van der Waals surface area contributed by atoms with Gasteiger partial charge in [-0.05, 0) is 6.08 Å². The van der Waals surface area contributed by atoms with Gasteiger partial charge in [-0.1, -0.05) is 13.8 Å². The second kappa shape index (κ2) is 2.34. The van der Waals surface area contributed by atoms with E-state index in [0.717, 1.165) is 0 Å². The average molecular weight is 178 g/mol. The van der Waals surface area contributed by atoms with Crippen LogP contribution >= 0.6 is 7.60 Å². The molecule has 2 N–H and O–H groups in total. The minimum Gasteiger partial charge on any atom is -0.485 e. The second-order valence-electron chi connectivity index (χ2n) is 3.20. The molecule has 11 heavy (non-hydrogen) atoms. The van der Waals surface area contributed by atoms with Crippen molar-refractivity contribution in [2.24, 2.45) is 5.41 Å². The molecule has 1 unspecified atom stereocenters. The quantitative estimate of drug-likeness (QED) is 0.589. The molecule has 5 heteroatoms. The number of ether oxygens (including phenoxy) is 1. The summed E-state index contributed by atoms with van der Waals surface area (Å²) in [7, 11) is -4.12. The Morgan fingerprint density at radius 2 is 2.09 bits per heavy atom. The molecule has 0 amide bonds. The monoisotopic (exact) mass is 178 g/mol. The topological polar surface area (TPSA) is 66.8 Å². The maximum Gasteiger partial charge on any atom is 0.366 e. The van der Waals surface area contributed by atoms with E-state index in [9.17, 15) is 4.57 Å². The minimum atomic E-state index is -4.12. The predicted molar refractivity (Wildman–Crippen MR) is 39.8 cm³/mol. The van der Waals surface area contributed by atoms with Gasteiger partial charge in [-0.3, -0.25) is 4.57 Å². The Morgan fingerprint density at radius 3 is 2.27 bits per heavy atom. The molecule has 1 aliphatic rings. The standard InChI is InChI=1S/C6H11O4P/c1-6(2)3-4-10-5(6)11(7,8)9/h3-5H,1-2H3,(H2,7,8,9). The maximum absolute atomic E-state index is 10.8. The van der Waals surface area contributed by atoms with Crippen molar-refractivity contribution in [2.45, 2.75) is 19.7 Å². The van der Waals surface area contributed by atoms with Crippen molar-refractivity contribution in [3.63, 3.8) is 0 Å². The summed E-state index contributed by atoms with van der Waals surface area (Å²) in [5.41, 5.74) is -0.570. The summed E-state index contributed by atoms with van der Waals surface area (Å²) in [6, 6.07) is 0. The number of hydrogen-bond acceptors (Lipinski definition) is 2. The summed E-state index contributed by atoms with van der Waals surface area (Å²) < 4.78 is 15.6. The molecule has 0 aliphatic carbocycles. The van der Waals surface area contributed by atoms with E-state index < -0.39 is 18.9 Å². The predicted octanol–water partition coefficient (Wildman–Crippen LogP) is 1.06. The zero-order valence-corrected chi connectivity index (χ0v) is 7.28. The van der Waals surface area contributed by atoms with Gasteiger partial charge < -0.3 is 14.5 Å². The van der Waals surface area contributed by atoms with Crippen LogP contribution in [0.25, 0.3) is 0 Å². The molecule has 0 saturated heterocycles. The van der Waals surface area contributed by atoms with E-state index in [1.54, 1.807) is 19.9 Å². The summed E-state index contributed by atoms with van der Waals surface area (Å²) >= 11 is 0. The van der Waals surface area contributed by atoms with Gasteiger partial charge in [0.05, 0.1) is 6.26 Å². The summed E-state index contributed by atoms with van der Waals surface area (Å²) in [5.74, 6) is -1.02. The Balaban J connectivity index is 2.87. The molecule has 0 saturated carbocycles. The van der Waals surface area contributed by atoms with Crippen LogP contribution < -0.4 is 0 Å². The molecule has 0 fully saturated rings. The first-order valence-electron chi connectivity index (χ1n) is 3.22. The highest BCUT2D eigenvalue weighted by molar-refractivity contribution is 7.52. The van der Waals surface area contributed by atoms with Crippen LogP contribution in [0.1, 0.15) is 13.8 Å². The van der Waals surface area contributed by atoms with Gasteiger partial charge in [0.25, 0.3) is 0 Å². The van der Waals surface area contributed by atoms with Crippen molar-refractivity contribution in [1.82, 2.24) is 0 Å². The van der Waals surface area contributed by atoms with Gasteiger partial charge >= 0.3 is 7.60 Å². The molecule has 64 valence electrons. The number of rotatable bonds is 1. The Bertz CT molecular complexity index is 227. The summed E-state index contributed by atoms with van der Waals surface area (Å²) in [6.07, 6.45) is 2.99. The van der Waals surface area contributed by atoms with Crippen molar-refractivity contribution < 1.29 is 19.1 Å². The highest BCUT2D eigenvalue weighted by Gasteiger charge is 2.44. The first-order chi connectivity index (χ1) is 4.84. The van der Waals surface area contributed by atoms with Crippen LogP contribution in [-0.2, 0) is 9.30 Å². The van der Waals surface area contributed by atoms with Crippen molar-refractivity contribution in [3.05, 3.63) is 12.3 Å². The Labute approximate surface area is 65.0 Å². The molecular weight excluding hydrogens is 167 g/mol. The summed E-state index contributed by atoms with van der Waals surface area (Å²) in [4.78, 5) is 17.6. The molecule has 1 heterocycles.